The summed E-state index contributed by atoms with van der Waals surface area (Å²) in [5.41, 5.74) is 30.2. The van der Waals surface area contributed by atoms with Gasteiger partial charge in [0.25, 0.3) is 0 Å². The normalized spacial score (nSPS) is 10.2. The number of benzene rings is 4. The first kappa shape index (κ1) is 25.8. The Hall–Kier alpha value is -4.80. The molecule has 0 unspecified atom stereocenters. The number of nitrogens with zero attached hydrogens (tertiary/aromatic N) is 3. The molecule has 0 aliphatic carbocycles. The first-order chi connectivity index (χ1) is 16.9. The molecule has 0 amide bonds. The fraction of sp³-hybridized carbons (Fsp3) is 0.0357. The number of hydrogen-bond donors (Lipinski definition) is 4. The molecule has 0 saturated heterocycles. The van der Waals surface area contributed by atoms with E-state index in [0.29, 0.717) is 0 Å². The van der Waals surface area contributed by atoms with Crippen molar-refractivity contribution in [2.75, 3.05) is 22.9 Å². The highest BCUT2D eigenvalue weighted by atomic mass is 35.5. The lowest BCUT2D eigenvalue weighted by atomic mass is 10.1. The van der Waals surface area contributed by atoms with Gasteiger partial charge in [-0.15, -0.1) is 12.4 Å². The maximum Gasteiger partial charge on any atom is 0.214 e. The zero-order chi connectivity index (χ0) is 25.1. The molecule has 0 atom stereocenters. The highest BCUT2D eigenvalue weighted by Gasteiger charge is 2.11. The van der Waals surface area contributed by atoms with Gasteiger partial charge in [-0.05, 0) is 60.7 Å². The molecule has 7 nitrogen and oxygen atoms in total. The maximum atomic E-state index is 6.25. The predicted octanol–water partition coefficient (Wildman–Crippen LogP) is 5.05. The van der Waals surface area contributed by atoms with Crippen molar-refractivity contribution in [3.8, 4) is 0 Å². The van der Waals surface area contributed by atoms with E-state index in [0.717, 1.165) is 55.6 Å². The largest absolute Gasteiger partial charge is 0.512 e. The molecule has 8 N–H and O–H groups in total. The maximum absolute atomic E-state index is 6.25. The molecule has 180 valence electrons. The van der Waals surface area contributed by atoms with E-state index in [2.05, 4.69) is 21.7 Å². The number of nitrogens with two attached hydrogens (primary N) is 4. The number of pyridine rings is 2. The Morgan fingerprint density at radius 2 is 0.889 bits per heavy atom. The van der Waals surface area contributed by atoms with Crippen LogP contribution in [0.15, 0.2) is 84.9 Å². The van der Waals surface area contributed by atoms with Gasteiger partial charge >= 0.3 is 0 Å². The van der Waals surface area contributed by atoms with E-state index in [1.165, 1.54) is 10.8 Å². The third-order valence-electron chi connectivity index (χ3n) is 5.80. The number of halogens is 1. The second-order valence-electron chi connectivity index (χ2n) is 8.23. The molecule has 6 aromatic rings. The fourth-order valence-electron chi connectivity index (χ4n) is 4.10. The van der Waals surface area contributed by atoms with Gasteiger partial charge in [-0.2, -0.15) is 4.57 Å². The van der Waals surface area contributed by atoms with Crippen LogP contribution in [0, 0.1) is 11.8 Å². The van der Waals surface area contributed by atoms with Crippen molar-refractivity contribution < 1.29 is 4.57 Å². The number of anilines is 4. The Morgan fingerprint density at radius 1 is 0.556 bits per heavy atom. The molecule has 36 heavy (non-hydrogen) atoms. The fourth-order valence-corrected chi connectivity index (χ4v) is 4.10. The molecule has 4 aromatic carbocycles. The van der Waals surface area contributed by atoms with Gasteiger partial charge in [-0.25, -0.2) is 4.98 Å². The van der Waals surface area contributed by atoms with E-state index in [9.17, 15) is 0 Å². The third-order valence-corrected chi connectivity index (χ3v) is 5.80. The first-order valence-electron chi connectivity index (χ1n) is 10.8. The number of fused-ring (bicyclic) bond motifs is 4. The summed E-state index contributed by atoms with van der Waals surface area (Å²) in [6.45, 7) is 4.75. The summed E-state index contributed by atoms with van der Waals surface area (Å²) in [6, 6.07) is 27.6. The van der Waals surface area contributed by atoms with Gasteiger partial charge in [-0.3, -0.25) is 0 Å². The quantitative estimate of drug-likeness (QED) is 0.100. The first-order valence-corrected chi connectivity index (χ1v) is 10.8. The van der Waals surface area contributed by atoms with Crippen LogP contribution < -0.4 is 27.5 Å². The van der Waals surface area contributed by atoms with Gasteiger partial charge in [-0.1, -0.05) is 12.1 Å². The zero-order valence-electron chi connectivity index (χ0n) is 19.6. The minimum absolute atomic E-state index is 0. The Bertz CT molecular complexity index is 1610. The average molecular weight is 496 g/mol. The van der Waals surface area contributed by atoms with Gasteiger partial charge in [0, 0.05) is 56.4 Å². The van der Waals surface area contributed by atoms with Crippen LogP contribution in [0.25, 0.3) is 43.6 Å². The smallest absolute Gasteiger partial charge is 0.214 e. The van der Waals surface area contributed by atoms with Crippen molar-refractivity contribution in [1.82, 2.24) is 4.98 Å². The lowest BCUT2D eigenvalue weighted by Crippen LogP contribution is -2.30. The van der Waals surface area contributed by atoms with Gasteiger partial charge in [0.2, 0.25) is 11.0 Å². The lowest BCUT2D eigenvalue weighted by Gasteiger charge is -2.03. The highest BCUT2D eigenvalue weighted by molar-refractivity contribution is 5.95. The van der Waals surface area contributed by atoms with E-state index < -0.39 is 0 Å². The molecule has 0 fully saturated rings. The van der Waals surface area contributed by atoms with Crippen molar-refractivity contribution in [2.45, 2.75) is 0 Å². The number of nitrogen functional groups attached to an aromatic ring is 4. The van der Waals surface area contributed by atoms with E-state index in [1.807, 2.05) is 79.8 Å². The average Bonchev–Trinajstić information content (AvgIpc) is 2.85. The van der Waals surface area contributed by atoms with Crippen LogP contribution in [0.5, 0.6) is 0 Å². The number of aryl methyl sites for hydroxylation is 1. The van der Waals surface area contributed by atoms with Crippen LogP contribution in [0.3, 0.4) is 0 Å². The van der Waals surface area contributed by atoms with E-state index >= 15 is 0 Å². The zero-order valence-corrected chi connectivity index (χ0v) is 20.5. The molecule has 0 saturated carbocycles. The molecule has 2 aromatic heterocycles. The molecule has 0 radical (unpaired) electrons. The van der Waals surface area contributed by atoms with Crippen molar-refractivity contribution in [3.63, 3.8) is 0 Å². The second kappa shape index (κ2) is 10.6. The minimum Gasteiger partial charge on any atom is -0.512 e. The van der Waals surface area contributed by atoms with Gasteiger partial charge in [0.1, 0.15) is 7.05 Å². The Labute approximate surface area is 215 Å². The second-order valence-corrected chi connectivity index (χ2v) is 8.23. The van der Waals surface area contributed by atoms with Crippen LogP contribution in [0.4, 0.5) is 22.7 Å². The molecule has 0 aliphatic rings. The molecule has 6 rings (SSSR count). The van der Waals surface area contributed by atoms with Crippen molar-refractivity contribution >= 4 is 78.8 Å². The van der Waals surface area contributed by atoms with Crippen LogP contribution in [-0.2, 0) is 7.05 Å². The van der Waals surface area contributed by atoms with Crippen molar-refractivity contribution in [2.24, 2.45) is 7.05 Å². The summed E-state index contributed by atoms with van der Waals surface area (Å²) >= 11 is 0. The monoisotopic (exact) mass is 495 g/mol. The molecular formula is C28H26ClN7. The summed E-state index contributed by atoms with van der Waals surface area (Å²) in [4.78, 5) is 4.54. The van der Waals surface area contributed by atoms with E-state index in [-0.39, 0.29) is 12.4 Å². The van der Waals surface area contributed by atoms with Crippen LogP contribution in [-0.4, -0.2) is 4.98 Å². The molecule has 2 heterocycles. The number of hydrogen-bond acceptors (Lipinski definition) is 6. The summed E-state index contributed by atoms with van der Waals surface area (Å²) in [7, 11) is 2.03. The molecule has 0 spiro atoms. The van der Waals surface area contributed by atoms with Gasteiger partial charge < -0.3 is 34.8 Å². The molecule has 0 aliphatic heterocycles. The summed E-state index contributed by atoms with van der Waals surface area (Å²) in [5, 5.41) is 10.8. The molecule has 0 bridgehead atoms. The predicted molar refractivity (Wildman–Crippen MR) is 152 cm³/mol. The van der Waals surface area contributed by atoms with E-state index in [1.54, 1.807) is 0 Å². The number of aromatic nitrogens is 2. The summed E-state index contributed by atoms with van der Waals surface area (Å²) in [6.07, 6.45) is 0. The third kappa shape index (κ3) is 5.14. The lowest BCUT2D eigenvalue weighted by molar-refractivity contribution is -0.617. The highest BCUT2D eigenvalue weighted by Crippen LogP contribution is 2.23. The Balaban J connectivity index is 0.000000183. The number of rotatable bonds is 0. The summed E-state index contributed by atoms with van der Waals surface area (Å²) < 4.78 is 2.12. The standard InChI is InChI=1S/C14H13N3.C13H11N3.CN.ClH/c1-17-13-7-11(15)4-2-9(13)6-10-3-5-12(16)8-14(10)17;14-10-3-1-8-5-9-2-4-11(15)7-13(9)16-12(8)6-10;1-2;/h2-8H,1H3,(H3,15,16);1-7H,14-15H2;;1H/q;;-1;/p+1. The van der Waals surface area contributed by atoms with Crippen molar-refractivity contribution in [3.05, 3.63) is 91.5 Å². The van der Waals surface area contributed by atoms with Gasteiger partial charge in [0.05, 0.1) is 11.0 Å². The summed E-state index contributed by atoms with van der Waals surface area (Å²) in [5.74, 6) is 0. The Kier molecular flexibility index (Phi) is 7.63. The molecular weight excluding hydrogens is 470 g/mol. The van der Waals surface area contributed by atoms with Crippen LogP contribution >= 0.6 is 12.4 Å². The minimum atomic E-state index is 0. The SMILES string of the molecule is C[n+]1c2cc(N)ccc2cc2ccc(N)cc21.Cl.Nc1ccc2cc3ccc(N)cc3nc2c1.[C-]#N. The Morgan fingerprint density at radius 3 is 1.31 bits per heavy atom. The van der Waals surface area contributed by atoms with Crippen LogP contribution in [0.2, 0.25) is 0 Å². The topological polar surface area (TPSA) is 145 Å². The van der Waals surface area contributed by atoms with E-state index in [4.69, 9.17) is 34.8 Å². The van der Waals surface area contributed by atoms with Gasteiger partial charge in [0.15, 0.2) is 0 Å². The van der Waals surface area contributed by atoms with Crippen molar-refractivity contribution in [1.29, 1.82) is 5.26 Å². The molecule has 8 heteroatoms. The van der Waals surface area contributed by atoms with Crippen LogP contribution in [0.1, 0.15) is 0 Å².